The summed E-state index contributed by atoms with van der Waals surface area (Å²) in [5.74, 6) is -4.30. The first kappa shape index (κ1) is 27.8. The third-order valence-electron chi connectivity index (χ3n) is 5.97. The number of aliphatic carboxylic acids is 2. The molecule has 2 rings (SSSR count). The predicted molar refractivity (Wildman–Crippen MR) is 126 cm³/mol. The number of rotatable bonds is 12. The van der Waals surface area contributed by atoms with E-state index in [-0.39, 0.29) is 25.2 Å². The number of nitrogens with one attached hydrogen (secondary N) is 2. The zero-order chi connectivity index (χ0) is 26.1. The van der Waals surface area contributed by atoms with Gasteiger partial charge in [0.15, 0.2) is 0 Å². The number of carbonyl (C=O) groups is 5. The highest BCUT2D eigenvalue weighted by molar-refractivity contribution is 5.94. The van der Waals surface area contributed by atoms with Gasteiger partial charge in [-0.3, -0.25) is 19.2 Å². The van der Waals surface area contributed by atoms with Gasteiger partial charge in [0.1, 0.15) is 18.1 Å². The molecule has 1 heterocycles. The number of nitrogens with two attached hydrogens (primary N) is 1. The van der Waals surface area contributed by atoms with Crippen LogP contribution in [0, 0.1) is 5.92 Å². The zero-order valence-electron chi connectivity index (χ0n) is 20.0. The van der Waals surface area contributed by atoms with E-state index in [0.29, 0.717) is 19.4 Å². The molecular formula is C24H34N4O7. The average molecular weight is 491 g/mol. The molecule has 3 amide bonds. The highest BCUT2D eigenvalue weighted by Gasteiger charge is 2.38. The summed E-state index contributed by atoms with van der Waals surface area (Å²) >= 11 is 0. The van der Waals surface area contributed by atoms with E-state index in [1.807, 2.05) is 0 Å². The normalized spacial score (nSPS) is 17.9. The molecule has 1 aliphatic heterocycles. The summed E-state index contributed by atoms with van der Waals surface area (Å²) in [6.45, 7) is 3.74. The second-order valence-electron chi connectivity index (χ2n) is 9.05. The van der Waals surface area contributed by atoms with Gasteiger partial charge in [0.25, 0.3) is 0 Å². The minimum atomic E-state index is -1.20. The Kier molecular flexibility index (Phi) is 10.2. The van der Waals surface area contributed by atoms with Crippen molar-refractivity contribution in [3.63, 3.8) is 0 Å². The molecule has 0 bridgehead atoms. The van der Waals surface area contributed by atoms with Gasteiger partial charge in [0, 0.05) is 19.4 Å². The molecule has 192 valence electrons. The van der Waals surface area contributed by atoms with Crippen molar-refractivity contribution in [2.45, 2.75) is 70.1 Å². The maximum Gasteiger partial charge on any atom is 0.326 e. The van der Waals surface area contributed by atoms with Crippen molar-refractivity contribution in [3.05, 3.63) is 35.9 Å². The molecule has 0 radical (unpaired) electrons. The summed E-state index contributed by atoms with van der Waals surface area (Å²) in [7, 11) is 0. The van der Waals surface area contributed by atoms with E-state index in [1.54, 1.807) is 44.2 Å². The van der Waals surface area contributed by atoms with Crippen molar-refractivity contribution >= 4 is 29.7 Å². The monoisotopic (exact) mass is 490 g/mol. The second-order valence-corrected chi connectivity index (χ2v) is 9.05. The van der Waals surface area contributed by atoms with Gasteiger partial charge in [-0.05, 0) is 30.7 Å². The number of nitrogens with zero attached hydrogens (tertiary/aromatic N) is 1. The predicted octanol–water partition coefficient (Wildman–Crippen LogP) is 0.122. The number of carboxylic acid groups (broad SMARTS) is 2. The van der Waals surface area contributed by atoms with E-state index in [2.05, 4.69) is 10.6 Å². The molecule has 11 nitrogen and oxygen atoms in total. The van der Waals surface area contributed by atoms with Gasteiger partial charge in [-0.2, -0.15) is 0 Å². The highest BCUT2D eigenvalue weighted by Crippen LogP contribution is 2.20. The van der Waals surface area contributed by atoms with Crippen LogP contribution in [0.1, 0.15) is 45.1 Å². The average Bonchev–Trinajstić information content (AvgIpc) is 3.30. The van der Waals surface area contributed by atoms with Crippen molar-refractivity contribution in [3.8, 4) is 0 Å². The van der Waals surface area contributed by atoms with Crippen LogP contribution in [-0.4, -0.2) is 75.5 Å². The van der Waals surface area contributed by atoms with E-state index >= 15 is 0 Å². The molecule has 1 aliphatic rings. The number of carboxylic acids is 2. The van der Waals surface area contributed by atoms with Crippen molar-refractivity contribution in [2.75, 3.05) is 6.54 Å². The van der Waals surface area contributed by atoms with Crippen molar-refractivity contribution in [1.82, 2.24) is 15.5 Å². The van der Waals surface area contributed by atoms with Crippen LogP contribution in [0.3, 0.4) is 0 Å². The first-order valence-electron chi connectivity index (χ1n) is 11.7. The molecule has 35 heavy (non-hydrogen) atoms. The fourth-order valence-electron chi connectivity index (χ4n) is 4.01. The van der Waals surface area contributed by atoms with E-state index in [1.165, 1.54) is 4.90 Å². The lowest BCUT2D eigenvalue weighted by Crippen LogP contribution is -2.58. The number of benzene rings is 1. The molecule has 4 atom stereocenters. The molecular weight excluding hydrogens is 456 g/mol. The summed E-state index contributed by atoms with van der Waals surface area (Å²) in [6.07, 6.45) is 0.711. The molecule has 1 fully saturated rings. The molecule has 1 aromatic carbocycles. The van der Waals surface area contributed by atoms with Crippen LogP contribution >= 0.6 is 0 Å². The molecule has 1 aromatic rings. The molecule has 4 unspecified atom stereocenters. The Morgan fingerprint density at radius 3 is 2.31 bits per heavy atom. The van der Waals surface area contributed by atoms with Gasteiger partial charge >= 0.3 is 11.9 Å². The Morgan fingerprint density at radius 1 is 1.09 bits per heavy atom. The maximum absolute atomic E-state index is 13.0. The Hall–Kier alpha value is -3.47. The Labute approximate surface area is 204 Å². The zero-order valence-corrected chi connectivity index (χ0v) is 20.0. The largest absolute Gasteiger partial charge is 0.481 e. The quantitative estimate of drug-likeness (QED) is 0.274. The lowest BCUT2D eigenvalue weighted by molar-refractivity contribution is -0.143. The molecule has 0 aromatic heterocycles. The summed E-state index contributed by atoms with van der Waals surface area (Å²) in [5, 5.41) is 23.6. The number of hydrogen-bond acceptors (Lipinski definition) is 6. The third-order valence-corrected chi connectivity index (χ3v) is 5.97. The van der Waals surface area contributed by atoms with Crippen molar-refractivity contribution < 1.29 is 34.2 Å². The summed E-state index contributed by atoms with van der Waals surface area (Å²) in [5.41, 5.74) is 6.59. The fraction of sp³-hybridized carbons (Fsp3) is 0.542. The first-order chi connectivity index (χ1) is 16.5. The SMILES string of the molecule is CC(C)C(NC(=O)C1CCCN1C(=O)C(N)CCC(=O)O)C(=O)NC(Cc1ccccc1)C(=O)O. The molecule has 0 aliphatic carbocycles. The van der Waals surface area contributed by atoms with Gasteiger partial charge in [0.2, 0.25) is 17.7 Å². The van der Waals surface area contributed by atoms with Crippen LogP contribution in [0.15, 0.2) is 30.3 Å². The van der Waals surface area contributed by atoms with E-state index in [0.717, 1.165) is 5.56 Å². The van der Waals surface area contributed by atoms with Gasteiger partial charge in [-0.1, -0.05) is 44.2 Å². The van der Waals surface area contributed by atoms with Crippen LogP contribution in [-0.2, 0) is 30.4 Å². The Balaban J connectivity index is 2.06. The number of likely N-dealkylation sites (tertiary alicyclic amines) is 1. The standard InChI is InChI=1S/C24H34N4O7/c1-14(2)20(22(32)26-17(24(34)35)13-15-7-4-3-5-8-15)27-21(31)18-9-6-12-28(18)23(33)16(25)10-11-19(29)30/h3-5,7-8,14,16-18,20H,6,9-13,25H2,1-2H3,(H,26,32)(H,27,31)(H,29,30)(H,34,35). The molecule has 6 N–H and O–H groups in total. The molecule has 1 saturated heterocycles. The first-order valence-corrected chi connectivity index (χ1v) is 11.7. The highest BCUT2D eigenvalue weighted by atomic mass is 16.4. The second kappa shape index (κ2) is 12.8. The van der Waals surface area contributed by atoms with Crippen LogP contribution in [0.2, 0.25) is 0 Å². The number of amides is 3. The fourth-order valence-corrected chi connectivity index (χ4v) is 4.01. The minimum Gasteiger partial charge on any atom is -0.481 e. The smallest absolute Gasteiger partial charge is 0.326 e. The van der Waals surface area contributed by atoms with Crippen LogP contribution in [0.4, 0.5) is 0 Å². The van der Waals surface area contributed by atoms with Crippen molar-refractivity contribution in [2.24, 2.45) is 11.7 Å². The van der Waals surface area contributed by atoms with Gasteiger partial charge in [0.05, 0.1) is 6.04 Å². The third kappa shape index (κ3) is 8.06. The van der Waals surface area contributed by atoms with Crippen molar-refractivity contribution in [1.29, 1.82) is 0 Å². The molecule has 11 heteroatoms. The van der Waals surface area contributed by atoms with E-state index in [4.69, 9.17) is 10.8 Å². The Morgan fingerprint density at radius 2 is 1.74 bits per heavy atom. The maximum atomic E-state index is 13.0. The molecule has 0 saturated carbocycles. The topological polar surface area (TPSA) is 179 Å². The number of hydrogen-bond donors (Lipinski definition) is 5. The lowest BCUT2D eigenvalue weighted by Gasteiger charge is -2.29. The van der Waals surface area contributed by atoms with Gasteiger partial charge in [-0.15, -0.1) is 0 Å². The van der Waals surface area contributed by atoms with Crippen LogP contribution in [0.5, 0.6) is 0 Å². The van der Waals surface area contributed by atoms with E-state index < -0.39 is 53.8 Å². The summed E-state index contributed by atoms with van der Waals surface area (Å²) in [4.78, 5) is 62.6. The minimum absolute atomic E-state index is 0.0476. The lowest BCUT2D eigenvalue weighted by atomic mass is 10.0. The van der Waals surface area contributed by atoms with Gasteiger partial charge in [-0.25, -0.2) is 4.79 Å². The number of carbonyl (C=O) groups excluding carboxylic acids is 3. The van der Waals surface area contributed by atoms with Gasteiger partial charge < -0.3 is 31.5 Å². The summed E-state index contributed by atoms with van der Waals surface area (Å²) < 4.78 is 0. The van der Waals surface area contributed by atoms with Crippen LogP contribution in [0.25, 0.3) is 0 Å². The van der Waals surface area contributed by atoms with Crippen LogP contribution < -0.4 is 16.4 Å². The summed E-state index contributed by atoms with van der Waals surface area (Å²) in [6, 6.07) is 4.79. The molecule has 0 spiro atoms. The van der Waals surface area contributed by atoms with E-state index in [9.17, 15) is 29.1 Å². The Bertz CT molecular complexity index is 922.